The van der Waals surface area contributed by atoms with Gasteiger partial charge in [0.15, 0.2) is 0 Å². The average molecular weight is 329 g/mol. The normalized spacial score (nSPS) is 13.9. The molecule has 0 radical (unpaired) electrons. The van der Waals surface area contributed by atoms with Crippen LogP contribution in [0.2, 0.25) is 0 Å². The summed E-state index contributed by atoms with van der Waals surface area (Å²) >= 11 is 1.75. The van der Waals surface area contributed by atoms with Crippen molar-refractivity contribution in [1.29, 1.82) is 0 Å². The molecule has 5 heteroatoms. The van der Waals surface area contributed by atoms with Crippen LogP contribution in [0, 0.1) is 0 Å². The minimum atomic E-state index is -0.266. The van der Waals surface area contributed by atoms with E-state index < -0.39 is 0 Å². The molecule has 1 amide bonds. The van der Waals surface area contributed by atoms with Crippen molar-refractivity contribution in [3.05, 3.63) is 59.7 Å². The molecular weight excluding hydrogens is 310 g/mol. The molecule has 0 bridgehead atoms. The van der Waals surface area contributed by atoms with Crippen LogP contribution in [-0.4, -0.2) is 30.4 Å². The van der Waals surface area contributed by atoms with Crippen LogP contribution in [0.5, 0.6) is 5.75 Å². The zero-order valence-corrected chi connectivity index (χ0v) is 13.8. The Kier molecular flexibility index (Phi) is 5.08. The maximum absolute atomic E-state index is 12.3. The minimum absolute atomic E-state index is 0.266. The van der Waals surface area contributed by atoms with Crippen LogP contribution >= 0.6 is 11.8 Å². The quantitative estimate of drug-likeness (QED) is 0.855. The fourth-order valence-electron chi connectivity index (χ4n) is 2.44. The molecule has 4 nitrogen and oxygen atoms in total. The van der Waals surface area contributed by atoms with E-state index in [-0.39, 0.29) is 6.09 Å². The Morgan fingerprint density at radius 3 is 2.83 bits per heavy atom. The third kappa shape index (κ3) is 3.99. The van der Waals surface area contributed by atoms with Gasteiger partial charge in [-0.15, -0.1) is 11.8 Å². The van der Waals surface area contributed by atoms with Crippen LogP contribution in [0.3, 0.4) is 0 Å². The van der Waals surface area contributed by atoms with Crippen molar-refractivity contribution in [3.8, 4) is 5.75 Å². The van der Waals surface area contributed by atoms with E-state index in [0.717, 1.165) is 22.6 Å². The van der Waals surface area contributed by atoms with E-state index in [1.807, 2.05) is 48.5 Å². The molecule has 1 aliphatic heterocycles. The molecule has 0 aromatic heterocycles. The minimum Gasteiger partial charge on any atom is -0.497 e. The third-order valence-electron chi connectivity index (χ3n) is 3.72. The van der Waals surface area contributed by atoms with Crippen molar-refractivity contribution < 1.29 is 14.3 Å². The summed E-state index contributed by atoms with van der Waals surface area (Å²) in [6.45, 7) is 1.55. The lowest BCUT2D eigenvalue weighted by atomic mass is 10.2. The van der Waals surface area contributed by atoms with Gasteiger partial charge in [0.05, 0.1) is 13.7 Å². The van der Waals surface area contributed by atoms with E-state index in [4.69, 9.17) is 9.47 Å². The standard InChI is InChI=1S/C18H19NO3S/c1-21-16-8-7-15-12-19(9-10-23-17(15)11-16)18(20)22-13-14-5-3-2-4-6-14/h2-8,11H,9-10,12-13H2,1H3. The number of benzene rings is 2. The van der Waals surface area contributed by atoms with E-state index in [2.05, 4.69) is 0 Å². The average Bonchev–Trinajstić information content (AvgIpc) is 2.82. The number of fused-ring (bicyclic) bond motifs is 1. The smallest absolute Gasteiger partial charge is 0.410 e. The van der Waals surface area contributed by atoms with Crippen LogP contribution in [0.4, 0.5) is 4.79 Å². The predicted molar refractivity (Wildman–Crippen MR) is 90.8 cm³/mol. The number of thioether (sulfide) groups is 1. The summed E-state index contributed by atoms with van der Waals surface area (Å²) < 4.78 is 10.7. The first-order chi connectivity index (χ1) is 11.3. The van der Waals surface area contributed by atoms with Crippen LogP contribution < -0.4 is 4.74 Å². The molecule has 1 aliphatic rings. The van der Waals surface area contributed by atoms with Crippen molar-refractivity contribution >= 4 is 17.9 Å². The second-order valence-corrected chi connectivity index (χ2v) is 6.42. The molecule has 0 saturated heterocycles. The zero-order valence-electron chi connectivity index (χ0n) is 13.0. The Morgan fingerprint density at radius 1 is 1.22 bits per heavy atom. The van der Waals surface area contributed by atoms with Gasteiger partial charge in [0, 0.05) is 17.2 Å². The van der Waals surface area contributed by atoms with Crippen molar-refractivity contribution in [1.82, 2.24) is 4.90 Å². The van der Waals surface area contributed by atoms with Gasteiger partial charge >= 0.3 is 6.09 Å². The molecule has 0 N–H and O–H groups in total. The van der Waals surface area contributed by atoms with Crippen molar-refractivity contribution in [2.45, 2.75) is 18.0 Å². The molecule has 2 aromatic rings. The van der Waals surface area contributed by atoms with Crippen LogP contribution in [0.1, 0.15) is 11.1 Å². The number of amides is 1. The van der Waals surface area contributed by atoms with Gasteiger partial charge in [-0.25, -0.2) is 4.79 Å². The predicted octanol–water partition coefficient (Wildman–Crippen LogP) is 3.94. The topological polar surface area (TPSA) is 38.8 Å². The lowest BCUT2D eigenvalue weighted by Crippen LogP contribution is -2.32. The van der Waals surface area contributed by atoms with Gasteiger partial charge in [-0.3, -0.25) is 0 Å². The molecule has 0 saturated carbocycles. The summed E-state index contributed by atoms with van der Waals surface area (Å²) in [5, 5.41) is 0. The Balaban J connectivity index is 1.64. The van der Waals surface area contributed by atoms with E-state index in [9.17, 15) is 4.79 Å². The molecule has 2 aromatic carbocycles. The van der Waals surface area contributed by atoms with Crippen molar-refractivity contribution in [3.63, 3.8) is 0 Å². The van der Waals surface area contributed by atoms with Crippen LogP contribution in [0.25, 0.3) is 0 Å². The van der Waals surface area contributed by atoms with E-state index in [0.29, 0.717) is 19.7 Å². The Hall–Kier alpha value is -2.14. The fourth-order valence-corrected chi connectivity index (χ4v) is 3.49. The fraction of sp³-hybridized carbons (Fsp3) is 0.278. The molecule has 120 valence electrons. The lowest BCUT2D eigenvalue weighted by molar-refractivity contribution is 0.0961. The van der Waals surface area contributed by atoms with Crippen molar-refractivity contribution in [2.24, 2.45) is 0 Å². The Labute approximate surface area is 140 Å². The maximum Gasteiger partial charge on any atom is 0.410 e. The number of hydrogen-bond acceptors (Lipinski definition) is 4. The van der Waals surface area contributed by atoms with Gasteiger partial charge in [-0.05, 0) is 23.3 Å². The highest BCUT2D eigenvalue weighted by Gasteiger charge is 2.20. The molecule has 0 aliphatic carbocycles. The molecule has 0 unspecified atom stereocenters. The first-order valence-corrected chi connectivity index (χ1v) is 8.50. The number of nitrogens with zero attached hydrogens (tertiary/aromatic N) is 1. The summed E-state index contributed by atoms with van der Waals surface area (Å²) in [6, 6.07) is 15.7. The Bertz CT molecular complexity index is 675. The van der Waals surface area contributed by atoms with Gasteiger partial charge in [-0.1, -0.05) is 36.4 Å². The van der Waals surface area contributed by atoms with E-state index >= 15 is 0 Å². The zero-order chi connectivity index (χ0) is 16.1. The van der Waals surface area contributed by atoms with Gasteiger partial charge in [-0.2, -0.15) is 0 Å². The highest BCUT2D eigenvalue weighted by atomic mass is 32.2. The highest BCUT2D eigenvalue weighted by molar-refractivity contribution is 7.99. The summed E-state index contributed by atoms with van der Waals surface area (Å²) in [5.74, 6) is 1.69. The lowest BCUT2D eigenvalue weighted by Gasteiger charge is -2.20. The molecule has 3 rings (SSSR count). The monoisotopic (exact) mass is 329 g/mol. The van der Waals surface area contributed by atoms with E-state index in [1.165, 1.54) is 4.90 Å². The molecule has 1 heterocycles. The second kappa shape index (κ2) is 7.42. The number of carbonyl (C=O) groups is 1. The molecule has 0 fully saturated rings. The highest BCUT2D eigenvalue weighted by Crippen LogP contribution is 2.31. The number of hydrogen-bond donors (Lipinski definition) is 0. The maximum atomic E-state index is 12.3. The van der Waals surface area contributed by atoms with Crippen LogP contribution in [0.15, 0.2) is 53.4 Å². The number of ether oxygens (including phenoxy) is 2. The largest absolute Gasteiger partial charge is 0.497 e. The van der Waals surface area contributed by atoms with Crippen molar-refractivity contribution in [2.75, 3.05) is 19.4 Å². The van der Waals surface area contributed by atoms with Gasteiger partial charge < -0.3 is 14.4 Å². The first-order valence-electron chi connectivity index (χ1n) is 7.51. The van der Waals surface area contributed by atoms with Gasteiger partial charge in [0.1, 0.15) is 12.4 Å². The number of rotatable bonds is 3. The summed E-state index contributed by atoms with van der Waals surface area (Å²) in [5.41, 5.74) is 2.13. The SMILES string of the molecule is COc1ccc2c(c1)SCCN(C(=O)OCc1ccccc1)C2. The van der Waals surface area contributed by atoms with Crippen LogP contribution in [-0.2, 0) is 17.9 Å². The van der Waals surface area contributed by atoms with Gasteiger partial charge in [0.25, 0.3) is 0 Å². The summed E-state index contributed by atoms with van der Waals surface area (Å²) in [7, 11) is 1.66. The molecule has 23 heavy (non-hydrogen) atoms. The van der Waals surface area contributed by atoms with E-state index in [1.54, 1.807) is 23.8 Å². The molecule has 0 atom stereocenters. The first kappa shape index (κ1) is 15.7. The Morgan fingerprint density at radius 2 is 2.04 bits per heavy atom. The van der Waals surface area contributed by atoms with Gasteiger partial charge in [0.2, 0.25) is 0 Å². The summed E-state index contributed by atoms with van der Waals surface area (Å²) in [6.07, 6.45) is -0.266. The summed E-state index contributed by atoms with van der Waals surface area (Å²) in [4.78, 5) is 15.3. The molecule has 0 spiro atoms. The molecular formula is C18H19NO3S. The third-order valence-corrected chi connectivity index (χ3v) is 4.80. The number of methoxy groups -OCH3 is 1. The second-order valence-electron chi connectivity index (χ2n) is 5.28. The number of carbonyl (C=O) groups excluding carboxylic acids is 1.